The number of pyridine rings is 1. The van der Waals surface area contributed by atoms with Gasteiger partial charge in [-0.3, -0.25) is 4.98 Å². The summed E-state index contributed by atoms with van der Waals surface area (Å²) in [6.07, 6.45) is 2.47. The highest BCUT2D eigenvalue weighted by Crippen LogP contribution is 2.19. The Bertz CT molecular complexity index is 614. The molecule has 0 saturated carbocycles. The molecule has 1 aromatic heterocycles. The Balaban J connectivity index is 2.01. The van der Waals surface area contributed by atoms with Gasteiger partial charge in [-0.05, 0) is 42.8 Å². The van der Waals surface area contributed by atoms with E-state index in [1.807, 2.05) is 43.3 Å². The van der Waals surface area contributed by atoms with Crippen LogP contribution in [0.1, 0.15) is 23.2 Å². The van der Waals surface area contributed by atoms with Crippen molar-refractivity contribution in [2.75, 3.05) is 5.88 Å². The molecule has 0 aliphatic carbocycles. The van der Waals surface area contributed by atoms with E-state index in [9.17, 15) is 0 Å². The van der Waals surface area contributed by atoms with E-state index in [2.05, 4.69) is 16.8 Å². The quantitative estimate of drug-likeness (QED) is 0.627. The van der Waals surface area contributed by atoms with Crippen LogP contribution in [0.2, 0.25) is 0 Å². The van der Waals surface area contributed by atoms with Crippen molar-refractivity contribution in [1.29, 1.82) is 0 Å². The second-order valence-electron chi connectivity index (χ2n) is 4.33. The molecular weight excluding hydrogens is 270 g/mol. The molecule has 0 bridgehead atoms. The second kappa shape index (κ2) is 7.57. The highest BCUT2D eigenvalue weighted by Gasteiger charge is 2.01. The minimum absolute atomic E-state index is 0.471. The van der Waals surface area contributed by atoms with E-state index in [0.717, 1.165) is 22.6 Å². The molecule has 0 amide bonds. The van der Waals surface area contributed by atoms with E-state index in [1.165, 1.54) is 0 Å². The number of halogens is 1. The van der Waals surface area contributed by atoms with Gasteiger partial charge in [-0.1, -0.05) is 17.9 Å². The van der Waals surface area contributed by atoms with Crippen LogP contribution in [0.5, 0.6) is 5.75 Å². The van der Waals surface area contributed by atoms with E-state index < -0.39 is 0 Å². The van der Waals surface area contributed by atoms with Crippen LogP contribution in [-0.2, 0) is 6.61 Å². The molecule has 2 aromatic rings. The Morgan fingerprint density at radius 3 is 2.85 bits per heavy atom. The summed E-state index contributed by atoms with van der Waals surface area (Å²) in [7, 11) is 0. The van der Waals surface area contributed by atoms with E-state index in [4.69, 9.17) is 16.3 Å². The molecule has 1 heterocycles. The van der Waals surface area contributed by atoms with Crippen molar-refractivity contribution in [2.45, 2.75) is 20.0 Å². The Hall–Kier alpha value is -1.98. The van der Waals surface area contributed by atoms with Gasteiger partial charge in [0, 0.05) is 24.1 Å². The number of aromatic nitrogens is 1. The maximum Gasteiger partial charge on any atom is 0.130 e. The van der Waals surface area contributed by atoms with Crippen molar-refractivity contribution in [2.24, 2.45) is 0 Å². The average Bonchev–Trinajstić information content (AvgIpc) is 2.48. The number of nitrogens with zero attached hydrogens (tertiary/aromatic N) is 1. The lowest BCUT2D eigenvalue weighted by molar-refractivity contribution is 0.299. The number of ether oxygens (including phenoxy) is 1. The first-order valence-corrected chi connectivity index (χ1v) is 7.01. The molecule has 0 fully saturated rings. The molecule has 0 radical (unpaired) electrons. The molecule has 20 heavy (non-hydrogen) atoms. The number of hydrogen-bond donors (Lipinski definition) is 0. The zero-order valence-electron chi connectivity index (χ0n) is 11.4. The maximum absolute atomic E-state index is 5.77. The van der Waals surface area contributed by atoms with E-state index in [1.54, 1.807) is 6.20 Å². The summed E-state index contributed by atoms with van der Waals surface area (Å²) in [5, 5.41) is 0. The van der Waals surface area contributed by atoms with Crippen LogP contribution in [0.3, 0.4) is 0 Å². The Labute approximate surface area is 124 Å². The summed E-state index contributed by atoms with van der Waals surface area (Å²) in [4.78, 5) is 4.23. The van der Waals surface area contributed by atoms with Crippen molar-refractivity contribution >= 4 is 11.6 Å². The molecule has 0 N–H and O–H groups in total. The van der Waals surface area contributed by atoms with Crippen molar-refractivity contribution in [3.8, 4) is 17.6 Å². The van der Waals surface area contributed by atoms with Gasteiger partial charge in [0.15, 0.2) is 0 Å². The van der Waals surface area contributed by atoms with Crippen molar-refractivity contribution in [1.82, 2.24) is 4.98 Å². The van der Waals surface area contributed by atoms with Crippen LogP contribution < -0.4 is 4.74 Å². The fraction of sp³-hybridized carbons (Fsp3) is 0.235. The van der Waals surface area contributed by atoms with E-state index in [0.29, 0.717) is 18.9 Å². The summed E-state index contributed by atoms with van der Waals surface area (Å²) in [5.74, 6) is 7.53. The highest BCUT2D eigenvalue weighted by atomic mass is 35.5. The molecule has 0 atom stereocenters. The predicted octanol–water partition coefficient (Wildman–Crippen LogP) is 3.95. The normalized spacial score (nSPS) is 9.70. The van der Waals surface area contributed by atoms with Gasteiger partial charge in [0.1, 0.15) is 12.4 Å². The first kappa shape index (κ1) is 14.4. The fourth-order valence-electron chi connectivity index (χ4n) is 1.74. The molecule has 102 valence electrons. The van der Waals surface area contributed by atoms with Gasteiger partial charge < -0.3 is 4.74 Å². The molecule has 0 aliphatic heterocycles. The Kier molecular flexibility index (Phi) is 5.46. The molecule has 0 spiro atoms. The number of aryl methyl sites for hydroxylation is 1. The average molecular weight is 286 g/mol. The third kappa shape index (κ3) is 4.29. The summed E-state index contributed by atoms with van der Waals surface area (Å²) in [6, 6.07) is 11.7. The number of rotatable bonds is 4. The third-order valence-electron chi connectivity index (χ3n) is 2.73. The lowest BCUT2D eigenvalue weighted by atomic mass is 10.1. The summed E-state index contributed by atoms with van der Waals surface area (Å²) in [6.45, 7) is 2.49. The van der Waals surface area contributed by atoms with Gasteiger partial charge in [-0.2, -0.15) is 0 Å². The van der Waals surface area contributed by atoms with Gasteiger partial charge in [-0.15, -0.1) is 11.6 Å². The van der Waals surface area contributed by atoms with Gasteiger partial charge in [0.2, 0.25) is 0 Å². The SMILES string of the molecule is Cc1cc(C#CCCCl)ccc1OCc1ccccn1. The monoisotopic (exact) mass is 285 g/mol. The first-order valence-electron chi connectivity index (χ1n) is 6.48. The van der Waals surface area contributed by atoms with Crippen LogP contribution in [0.4, 0.5) is 0 Å². The van der Waals surface area contributed by atoms with Crippen LogP contribution >= 0.6 is 11.6 Å². The first-order chi connectivity index (χ1) is 9.79. The number of alkyl halides is 1. The van der Waals surface area contributed by atoms with Gasteiger partial charge in [0.25, 0.3) is 0 Å². The lowest BCUT2D eigenvalue weighted by Gasteiger charge is -2.08. The lowest BCUT2D eigenvalue weighted by Crippen LogP contribution is -1.99. The van der Waals surface area contributed by atoms with Crippen molar-refractivity contribution in [3.05, 3.63) is 59.4 Å². The smallest absolute Gasteiger partial charge is 0.130 e. The molecule has 0 saturated heterocycles. The van der Waals surface area contributed by atoms with Crippen LogP contribution in [0.15, 0.2) is 42.6 Å². The number of hydrogen-bond acceptors (Lipinski definition) is 2. The standard InChI is InChI=1S/C17H16ClNO/c1-14-12-15(6-2-4-10-18)8-9-17(14)20-13-16-7-3-5-11-19-16/h3,5,7-9,11-12H,4,10,13H2,1H3. The van der Waals surface area contributed by atoms with Crippen LogP contribution in [0, 0.1) is 18.8 Å². The largest absolute Gasteiger partial charge is 0.487 e. The third-order valence-corrected chi connectivity index (χ3v) is 2.92. The molecule has 2 rings (SSSR count). The highest BCUT2D eigenvalue weighted by molar-refractivity contribution is 6.18. The van der Waals surface area contributed by atoms with Gasteiger partial charge in [0.05, 0.1) is 5.69 Å². The summed E-state index contributed by atoms with van der Waals surface area (Å²) in [5.41, 5.74) is 2.97. The van der Waals surface area contributed by atoms with Crippen LogP contribution in [0.25, 0.3) is 0 Å². The topological polar surface area (TPSA) is 22.1 Å². The van der Waals surface area contributed by atoms with E-state index >= 15 is 0 Å². The molecular formula is C17H16ClNO. The summed E-state index contributed by atoms with van der Waals surface area (Å²) >= 11 is 5.60. The molecule has 0 unspecified atom stereocenters. The molecule has 2 nitrogen and oxygen atoms in total. The van der Waals surface area contributed by atoms with Crippen molar-refractivity contribution < 1.29 is 4.74 Å². The number of benzene rings is 1. The Morgan fingerprint density at radius 2 is 2.15 bits per heavy atom. The summed E-state index contributed by atoms with van der Waals surface area (Å²) < 4.78 is 5.77. The second-order valence-corrected chi connectivity index (χ2v) is 4.71. The molecule has 0 aliphatic rings. The zero-order valence-corrected chi connectivity index (χ0v) is 12.2. The van der Waals surface area contributed by atoms with Gasteiger partial charge in [-0.25, -0.2) is 0 Å². The minimum atomic E-state index is 0.471. The molecule has 1 aromatic carbocycles. The fourth-order valence-corrected chi connectivity index (χ4v) is 1.83. The molecule has 3 heteroatoms. The van der Waals surface area contributed by atoms with Crippen molar-refractivity contribution in [3.63, 3.8) is 0 Å². The Morgan fingerprint density at radius 1 is 1.25 bits per heavy atom. The zero-order chi connectivity index (χ0) is 14.2. The maximum atomic E-state index is 5.77. The van der Waals surface area contributed by atoms with E-state index in [-0.39, 0.29) is 0 Å². The minimum Gasteiger partial charge on any atom is -0.487 e. The van der Waals surface area contributed by atoms with Crippen LogP contribution in [-0.4, -0.2) is 10.9 Å². The van der Waals surface area contributed by atoms with Gasteiger partial charge >= 0.3 is 0 Å². The predicted molar refractivity (Wildman–Crippen MR) is 82.0 cm³/mol.